The zero-order valence-electron chi connectivity index (χ0n) is 9.41. The summed E-state index contributed by atoms with van der Waals surface area (Å²) in [6.07, 6.45) is 5.63. The molecule has 4 heteroatoms. The number of hydrogen-bond donors (Lipinski definition) is 0. The number of rotatable bonds is 3. The van der Waals surface area contributed by atoms with E-state index in [4.69, 9.17) is 0 Å². The third-order valence-corrected chi connectivity index (χ3v) is 2.46. The van der Waals surface area contributed by atoms with Crippen molar-refractivity contribution in [3.8, 4) is 5.69 Å². The first-order valence-corrected chi connectivity index (χ1v) is 5.28. The Labute approximate surface area is 99.0 Å². The van der Waals surface area contributed by atoms with Crippen LogP contribution < -0.4 is 0 Å². The monoisotopic (exact) mass is 228 g/mol. The topological polar surface area (TPSA) is 48.1 Å². The van der Waals surface area contributed by atoms with Crippen molar-refractivity contribution in [2.75, 3.05) is 0 Å². The van der Waals surface area contributed by atoms with Crippen molar-refractivity contribution in [2.45, 2.75) is 6.92 Å². The lowest BCUT2D eigenvalue weighted by molar-refractivity contribution is -0.384. The molecule has 1 aromatic carbocycles. The van der Waals surface area contributed by atoms with Gasteiger partial charge >= 0.3 is 0 Å². The Balaban J connectivity index is 2.60. The number of benzene rings is 1. The Kier molecular flexibility index (Phi) is 3.05. The predicted octanol–water partition coefficient (Wildman–Crippen LogP) is 3.42. The molecule has 0 fully saturated rings. The molecule has 4 nitrogen and oxygen atoms in total. The normalized spacial score (nSPS) is 10.9. The molecule has 0 spiro atoms. The van der Waals surface area contributed by atoms with Crippen LogP contribution in [0.25, 0.3) is 11.8 Å². The number of hydrogen-bond acceptors (Lipinski definition) is 2. The molecular formula is C13H12N2O2. The number of nitro groups is 1. The minimum absolute atomic E-state index is 0.106. The van der Waals surface area contributed by atoms with Crippen LogP contribution in [0.3, 0.4) is 0 Å². The fourth-order valence-corrected chi connectivity index (χ4v) is 1.74. The average Bonchev–Trinajstić information content (AvgIpc) is 2.77. The van der Waals surface area contributed by atoms with E-state index in [-0.39, 0.29) is 10.6 Å². The molecule has 2 rings (SSSR count). The number of aromatic nitrogens is 1. The summed E-state index contributed by atoms with van der Waals surface area (Å²) in [5.41, 5.74) is 1.60. The van der Waals surface area contributed by atoms with Crippen LogP contribution in [0.5, 0.6) is 0 Å². The van der Waals surface area contributed by atoms with Gasteiger partial charge in [-0.3, -0.25) is 10.1 Å². The van der Waals surface area contributed by atoms with E-state index in [9.17, 15) is 10.1 Å². The Morgan fingerprint density at radius 2 is 2.00 bits per heavy atom. The highest BCUT2D eigenvalue weighted by molar-refractivity contribution is 5.57. The molecule has 1 heterocycles. The molecule has 2 aromatic rings. The fourth-order valence-electron chi connectivity index (χ4n) is 1.74. The molecule has 86 valence electrons. The van der Waals surface area contributed by atoms with E-state index < -0.39 is 0 Å². The summed E-state index contributed by atoms with van der Waals surface area (Å²) in [5, 5.41) is 11.0. The Morgan fingerprint density at radius 1 is 1.24 bits per heavy atom. The SMILES string of the molecule is C/C=C/c1cccn1-c1ccccc1[N+](=O)[O-]. The minimum atomic E-state index is -0.366. The Morgan fingerprint density at radius 3 is 2.71 bits per heavy atom. The van der Waals surface area contributed by atoms with Gasteiger partial charge in [0.05, 0.1) is 4.92 Å². The second kappa shape index (κ2) is 4.65. The predicted molar refractivity (Wildman–Crippen MR) is 67.1 cm³/mol. The van der Waals surface area contributed by atoms with E-state index in [1.807, 2.05) is 37.4 Å². The summed E-state index contributed by atoms with van der Waals surface area (Å²) >= 11 is 0. The Bertz CT molecular complexity index is 570. The molecule has 0 saturated carbocycles. The molecule has 0 N–H and O–H groups in total. The van der Waals surface area contributed by atoms with E-state index in [0.717, 1.165) is 5.69 Å². The molecule has 0 aliphatic rings. The van der Waals surface area contributed by atoms with Gasteiger partial charge in [0.2, 0.25) is 0 Å². The zero-order valence-corrected chi connectivity index (χ0v) is 9.41. The fraction of sp³-hybridized carbons (Fsp3) is 0.0769. The van der Waals surface area contributed by atoms with Gasteiger partial charge in [-0.2, -0.15) is 0 Å². The van der Waals surface area contributed by atoms with E-state index >= 15 is 0 Å². The van der Waals surface area contributed by atoms with Crippen molar-refractivity contribution in [2.24, 2.45) is 0 Å². The van der Waals surface area contributed by atoms with Gasteiger partial charge in [-0.1, -0.05) is 18.2 Å². The maximum atomic E-state index is 11.0. The molecule has 0 radical (unpaired) electrons. The first-order valence-electron chi connectivity index (χ1n) is 5.28. The molecule has 0 bridgehead atoms. The van der Waals surface area contributed by atoms with Crippen molar-refractivity contribution in [3.63, 3.8) is 0 Å². The third kappa shape index (κ3) is 2.10. The van der Waals surface area contributed by atoms with Crippen LogP contribution >= 0.6 is 0 Å². The van der Waals surface area contributed by atoms with Gasteiger partial charge in [-0.25, -0.2) is 0 Å². The van der Waals surface area contributed by atoms with Gasteiger partial charge in [0.1, 0.15) is 5.69 Å². The highest BCUT2D eigenvalue weighted by Crippen LogP contribution is 2.24. The number of nitrogens with zero attached hydrogens (tertiary/aromatic N) is 2. The largest absolute Gasteiger partial charge is 0.311 e. The molecule has 0 amide bonds. The molecule has 0 saturated heterocycles. The molecule has 0 atom stereocenters. The van der Waals surface area contributed by atoms with Crippen LogP contribution in [0, 0.1) is 10.1 Å². The number of allylic oxidation sites excluding steroid dienone is 1. The average molecular weight is 228 g/mol. The molecular weight excluding hydrogens is 216 g/mol. The summed E-state index contributed by atoms with van der Waals surface area (Å²) in [6.45, 7) is 1.91. The molecule has 1 aromatic heterocycles. The van der Waals surface area contributed by atoms with Gasteiger partial charge in [-0.15, -0.1) is 0 Å². The maximum Gasteiger partial charge on any atom is 0.293 e. The van der Waals surface area contributed by atoms with E-state index in [2.05, 4.69) is 0 Å². The number of para-hydroxylation sites is 2. The van der Waals surface area contributed by atoms with Crippen molar-refractivity contribution in [3.05, 3.63) is 64.5 Å². The lowest BCUT2D eigenvalue weighted by Crippen LogP contribution is -2.00. The van der Waals surface area contributed by atoms with Gasteiger partial charge in [0.25, 0.3) is 5.69 Å². The van der Waals surface area contributed by atoms with Crippen LogP contribution in [0.1, 0.15) is 12.6 Å². The van der Waals surface area contributed by atoms with E-state index in [0.29, 0.717) is 5.69 Å². The maximum absolute atomic E-state index is 11.0. The first-order chi connectivity index (χ1) is 8.24. The highest BCUT2D eigenvalue weighted by Gasteiger charge is 2.14. The smallest absolute Gasteiger partial charge is 0.293 e. The van der Waals surface area contributed by atoms with Gasteiger partial charge in [-0.05, 0) is 31.2 Å². The molecule has 17 heavy (non-hydrogen) atoms. The highest BCUT2D eigenvalue weighted by atomic mass is 16.6. The van der Waals surface area contributed by atoms with Gasteiger partial charge in [0.15, 0.2) is 0 Å². The van der Waals surface area contributed by atoms with Gasteiger partial charge < -0.3 is 4.57 Å². The lowest BCUT2D eigenvalue weighted by atomic mass is 10.2. The summed E-state index contributed by atoms with van der Waals surface area (Å²) in [5.74, 6) is 0. The second-order valence-corrected chi connectivity index (χ2v) is 3.55. The van der Waals surface area contributed by atoms with E-state index in [1.165, 1.54) is 6.07 Å². The molecule has 0 unspecified atom stereocenters. The zero-order chi connectivity index (χ0) is 12.3. The minimum Gasteiger partial charge on any atom is -0.311 e. The third-order valence-electron chi connectivity index (χ3n) is 2.46. The van der Waals surface area contributed by atoms with Gasteiger partial charge in [0, 0.05) is 18.0 Å². The van der Waals surface area contributed by atoms with Crippen molar-refractivity contribution in [1.82, 2.24) is 4.57 Å². The number of nitro benzene ring substituents is 1. The van der Waals surface area contributed by atoms with Crippen LogP contribution in [0.15, 0.2) is 48.7 Å². The van der Waals surface area contributed by atoms with Crippen LogP contribution in [-0.2, 0) is 0 Å². The van der Waals surface area contributed by atoms with Crippen molar-refractivity contribution in [1.29, 1.82) is 0 Å². The first kappa shape index (κ1) is 11.1. The quantitative estimate of drug-likeness (QED) is 0.597. The van der Waals surface area contributed by atoms with E-state index in [1.54, 1.807) is 22.8 Å². The van der Waals surface area contributed by atoms with Crippen molar-refractivity contribution < 1.29 is 4.92 Å². The van der Waals surface area contributed by atoms with Crippen LogP contribution in [-0.4, -0.2) is 9.49 Å². The molecule has 0 aliphatic heterocycles. The summed E-state index contributed by atoms with van der Waals surface area (Å²) < 4.78 is 1.80. The molecule has 0 aliphatic carbocycles. The van der Waals surface area contributed by atoms with Crippen LogP contribution in [0.2, 0.25) is 0 Å². The van der Waals surface area contributed by atoms with Crippen LogP contribution in [0.4, 0.5) is 5.69 Å². The van der Waals surface area contributed by atoms with Crippen molar-refractivity contribution >= 4 is 11.8 Å². The summed E-state index contributed by atoms with van der Waals surface area (Å²) in [4.78, 5) is 10.6. The standard InChI is InChI=1S/C13H12N2O2/c1-2-6-11-7-5-10-14(11)12-8-3-4-9-13(12)15(16)17/h2-10H,1H3/b6-2+. The summed E-state index contributed by atoms with van der Waals surface area (Å²) in [7, 11) is 0. The second-order valence-electron chi connectivity index (χ2n) is 3.55. The summed E-state index contributed by atoms with van der Waals surface area (Å²) in [6, 6.07) is 10.5. The Hall–Kier alpha value is -2.36. The lowest BCUT2D eigenvalue weighted by Gasteiger charge is -2.06.